The number of ketones is 1. The van der Waals surface area contributed by atoms with Gasteiger partial charge in [-0.3, -0.25) is 4.79 Å². The van der Waals surface area contributed by atoms with E-state index in [4.69, 9.17) is 0 Å². The van der Waals surface area contributed by atoms with Gasteiger partial charge in [0.25, 0.3) is 0 Å². The summed E-state index contributed by atoms with van der Waals surface area (Å²) in [5, 5.41) is 0. The molecule has 2 aliphatic rings. The standard InChI is InChI=1S/C18H24O/c1-3-8-14-10-5-6-12-16(14)18-15(9-4-2)11-7-13-17(18)19/h3-7,13-16,18H,1-2,8-12H2/t14-,15-,16-,18-/m1/s1. The molecule has 0 heterocycles. The minimum atomic E-state index is 0.179. The van der Waals surface area contributed by atoms with Crippen molar-refractivity contribution in [3.8, 4) is 0 Å². The Morgan fingerprint density at radius 2 is 1.63 bits per heavy atom. The van der Waals surface area contributed by atoms with Crippen LogP contribution in [0.2, 0.25) is 0 Å². The molecule has 0 aromatic heterocycles. The van der Waals surface area contributed by atoms with Gasteiger partial charge in [0.2, 0.25) is 0 Å². The second-order valence-corrected chi connectivity index (χ2v) is 5.74. The van der Waals surface area contributed by atoms with Crippen molar-refractivity contribution in [2.45, 2.75) is 32.1 Å². The molecule has 1 nitrogen and oxygen atoms in total. The molecule has 0 amide bonds. The predicted octanol–water partition coefficient (Wildman–Crippen LogP) is 4.48. The summed E-state index contributed by atoms with van der Waals surface area (Å²) in [5.41, 5.74) is 0. The van der Waals surface area contributed by atoms with E-state index in [1.165, 1.54) is 0 Å². The van der Waals surface area contributed by atoms with Gasteiger partial charge in [-0.2, -0.15) is 0 Å². The summed E-state index contributed by atoms with van der Waals surface area (Å²) in [6.07, 6.45) is 17.4. The summed E-state index contributed by atoms with van der Waals surface area (Å²) in [6, 6.07) is 0. The molecule has 0 N–H and O–H groups in total. The summed E-state index contributed by atoms with van der Waals surface area (Å²) in [4.78, 5) is 12.4. The third-order valence-electron chi connectivity index (χ3n) is 4.58. The molecular weight excluding hydrogens is 232 g/mol. The number of carbonyl (C=O) groups excluding carboxylic acids is 1. The average Bonchev–Trinajstić information content (AvgIpc) is 2.41. The maximum atomic E-state index is 12.4. The first-order valence-electron chi connectivity index (χ1n) is 7.35. The van der Waals surface area contributed by atoms with Crippen molar-refractivity contribution in [1.29, 1.82) is 0 Å². The molecule has 4 atom stereocenters. The van der Waals surface area contributed by atoms with Crippen LogP contribution in [0.4, 0.5) is 0 Å². The topological polar surface area (TPSA) is 17.1 Å². The maximum absolute atomic E-state index is 12.4. The van der Waals surface area contributed by atoms with E-state index in [1.807, 2.05) is 18.2 Å². The van der Waals surface area contributed by atoms with Crippen LogP contribution in [0, 0.1) is 23.7 Å². The van der Waals surface area contributed by atoms with Gasteiger partial charge in [0, 0.05) is 5.92 Å². The van der Waals surface area contributed by atoms with Crippen LogP contribution in [-0.2, 0) is 4.79 Å². The summed E-state index contributed by atoms with van der Waals surface area (Å²) in [7, 11) is 0. The molecular formula is C18H24O. The highest BCUT2D eigenvalue weighted by atomic mass is 16.1. The summed E-state index contributed by atoms with van der Waals surface area (Å²) < 4.78 is 0. The first-order chi connectivity index (χ1) is 9.27. The Morgan fingerprint density at radius 1 is 1.00 bits per heavy atom. The monoisotopic (exact) mass is 256 g/mol. The SMILES string of the molecule is C=CC[C@@H]1CC=CC[C@H]1[C@@H]1C(=O)C=CC[C@H]1CC=C. The van der Waals surface area contributed by atoms with Gasteiger partial charge in [0.1, 0.15) is 0 Å². The van der Waals surface area contributed by atoms with Crippen LogP contribution in [-0.4, -0.2) is 5.78 Å². The Hall–Kier alpha value is -1.37. The quantitative estimate of drug-likeness (QED) is 0.663. The molecule has 0 aromatic rings. The lowest BCUT2D eigenvalue weighted by atomic mass is 9.65. The summed E-state index contributed by atoms with van der Waals surface area (Å²) >= 11 is 0. The van der Waals surface area contributed by atoms with Gasteiger partial charge in [-0.05, 0) is 55.9 Å². The van der Waals surface area contributed by atoms with E-state index in [9.17, 15) is 4.79 Å². The fourth-order valence-electron chi connectivity index (χ4n) is 3.68. The third-order valence-corrected chi connectivity index (χ3v) is 4.58. The van der Waals surface area contributed by atoms with E-state index in [0.717, 1.165) is 32.1 Å². The van der Waals surface area contributed by atoms with Gasteiger partial charge in [-0.1, -0.05) is 30.4 Å². The lowest BCUT2D eigenvalue weighted by Crippen LogP contribution is -2.36. The van der Waals surface area contributed by atoms with E-state index < -0.39 is 0 Å². The molecule has 0 unspecified atom stereocenters. The van der Waals surface area contributed by atoms with Crippen LogP contribution < -0.4 is 0 Å². The number of hydrogen-bond acceptors (Lipinski definition) is 1. The van der Waals surface area contributed by atoms with Crippen molar-refractivity contribution >= 4 is 5.78 Å². The Balaban J connectivity index is 2.21. The number of hydrogen-bond donors (Lipinski definition) is 0. The largest absolute Gasteiger partial charge is 0.295 e. The lowest BCUT2D eigenvalue weighted by Gasteiger charge is -2.38. The molecule has 0 spiro atoms. The van der Waals surface area contributed by atoms with E-state index in [1.54, 1.807) is 6.08 Å². The van der Waals surface area contributed by atoms with Crippen molar-refractivity contribution in [2.75, 3.05) is 0 Å². The van der Waals surface area contributed by atoms with Gasteiger partial charge >= 0.3 is 0 Å². The predicted molar refractivity (Wildman–Crippen MR) is 80.7 cm³/mol. The van der Waals surface area contributed by atoms with Gasteiger partial charge < -0.3 is 0 Å². The fourth-order valence-corrected chi connectivity index (χ4v) is 3.68. The lowest BCUT2D eigenvalue weighted by molar-refractivity contribution is -0.123. The second-order valence-electron chi connectivity index (χ2n) is 5.74. The molecule has 0 saturated heterocycles. The Bertz CT molecular complexity index is 402. The normalized spacial score (nSPS) is 34.2. The minimum absolute atomic E-state index is 0.179. The van der Waals surface area contributed by atoms with Crippen molar-refractivity contribution in [2.24, 2.45) is 23.7 Å². The highest BCUT2D eigenvalue weighted by molar-refractivity contribution is 5.93. The van der Waals surface area contributed by atoms with Gasteiger partial charge in [0.15, 0.2) is 5.78 Å². The zero-order chi connectivity index (χ0) is 13.7. The summed E-state index contributed by atoms with van der Waals surface area (Å²) in [6.45, 7) is 7.72. The van der Waals surface area contributed by atoms with E-state index in [-0.39, 0.29) is 5.92 Å². The molecule has 0 aliphatic heterocycles. The van der Waals surface area contributed by atoms with E-state index >= 15 is 0 Å². The Labute approximate surface area is 116 Å². The minimum Gasteiger partial charge on any atom is -0.295 e. The van der Waals surface area contributed by atoms with Crippen LogP contribution in [0.5, 0.6) is 0 Å². The molecule has 19 heavy (non-hydrogen) atoms. The van der Waals surface area contributed by atoms with Crippen molar-refractivity contribution in [1.82, 2.24) is 0 Å². The first kappa shape index (κ1) is 14.0. The number of rotatable bonds is 5. The molecule has 2 aliphatic carbocycles. The summed E-state index contributed by atoms with van der Waals surface area (Å²) in [5.74, 6) is 2.00. The van der Waals surface area contributed by atoms with Crippen LogP contribution >= 0.6 is 0 Å². The van der Waals surface area contributed by atoms with Gasteiger partial charge in [0.05, 0.1) is 0 Å². The number of allylic oxidation sites excluding steroid dienone is 6. The molecule has 0 radical (unpaired) electrons. The zero-order valence-electron chi connectivity index (χ0n) is 11.6. The molecule has 0 bridgehead atoms. The van der Waals surface area contributed by atoms with Crippen molar-refractivity contribution in [3.05, 3.63) is 49.6 Å². The van der Waals surface area contributed by atoms with E-state index in [2.05, 4.69) is 25.3 Å². The third kappa shape index (κ3) is 3.15. The smallest absolute Gasteiger partial charge is 0.159 e. The van der Waals surface area contributed by atoms with E-state index in [0.29, 0.717) is 23.5 Å². The first-order valence-corrected chi connectivity index (χ1v) is 7.35. The molecule has 0 saturated carbocycles. The second kappa shape index (κ2) is 6.70. The van der Waals surface area contributed by atoms with Crippen LogP contribution in [0.3, 0.4) is 0 Å². The Kier molecular flexibility index (Phi) is 4.95. The van der Waals surface area contributed by atoms with Crippen LogP contribution in [0.15, 0.2) is 49.6 Å². The molecule has 2 rings (SSSR count). The van der Waals surface area contributed by atoms with Gasteiger partial charge in [-0.25, -0.2) is 0 Å². The van der Waals surface area contributed by atoms with Crippen LogP contribution in [0.25, 0.3) is 0 Å². The van der Waals surface area contributed by atoms with Crippen molar-refractivity contribution in [3.63, 3.8) is 0 Å². The highest BCUT2D eigenvalue weighted by Gasteiger charge is 2.38. The fraction of sp³-hybridized carbons (Fsp3) is 0.500. The molecule has 1 heteroatoms. The Morgan fingerprint density at radius 3 is 2.37 bits per heavy atom. The number of carbonyl (C=O) groups is 1. The van der Waals surface area contributed by atoms with Gasteiger partial charge in [-0.15, -0.1) is 13.2 Å². The van der Waals surface area contributed by atoms with Crippen LogP contribution in [0.1, 0.15) is 32.1 Å². The maximum Gasteiger partial charge on any atom is 0.159 e. The molecule has 0 fully saturated rings. The molecule has 102 valence electrons. The molecule has 0 aromatic carbocycles. The average molecular weight is 256 g/mol. The zero-order valence-corrected chi connectivity index (χ0v) is 11.6. The van der Waals surface area contributed by atoms with Crippen molar-refractivity contribution < 1.29 is 4.79 Å². The highest BCUT2D eigenvalue weighted by Crippen LogP contribution is 2.41.